The van der Waals surface area contributed by atoms with Gasteiger partial charge in [-0.3, -0.25) is 4.79 Å². The average molecular weight is 308 g/mol. The normalized spacial score (nSPS) is 10.9. The van der Waals surface area contributed by atoms with Gasteiger partial charge in [0.25, 0.3) is 0 Å². The summed E-state index contributed by atoms with van der Waals surface area (Å²) in [5.74, 6) is -2.17. The highest BCUT2D eigenvalue weighted by Gasteiger charge is 2.16. The minimum absolute atomic E-state index is 0.208. The summed E-state index contributed by atoms with van der Waals surface area (Å²) < 4.78 is 9.27. The molecule has 0 N–H and O–H groups in total. The quantitative estimate of drug-likeness (QED) is 0.333. The second kappa shape index (κ2) is 8.97. The molecule has 1 aromatic rings. The molecule has 0 spiro atoms. The van der Waals surface area contributed by atoms with E-state index in [0.29, 0.717) is 0 Å². The van der Waals surface area contributed by atoms with Crippen LogP contribution in [0.3, 0.4) is 0 Å². The standard InChI is InChI=1S/C15H16O5S/c1-3-20-15(18)13(10-9-12(16)14(17)19-2)21-11-7-5-4-6-8-11/h4-8,10H,3,9H2,1-2H3. The molecule has 5 nitrogen and oxygen atoms in total. The molecule has 0 aliphatic carbocycles. The van der Waals surface area contributed by atoms with Crippen molar-refractivity contribution in [3.8, 4) is 0 Å². The molecule has 0 unspecified atom stereocenters. The number of methoxy groups -OCH3 is 1. The van der Waals surface area contributed by atoms with Gasteiger partial charge < -0.3 is 9.47 Å². The number of rotatable bonds is 7. The molecule has 0 radical (unpaired) electrons. The van der Waals surface area contributed by atoms with Crippen molar-refractivity contribution in [3.63, 3.8) is 0 Å². The maximum atomic E-state index is 11.9. The summed E-state index contributed by atoms with van der Waals surface area (Å²) in [5, 5.41) is 0. The lowest BCUT2D eigenvalue weighted by molar-refractivity contribution is -0.151. The first-order chi connectivity index (χ1) is 10.1. The van der Waals surface area contributed by atoms with E-state index in [4.69, 9.17) is 4.74 Å². The molecule has 0 aromatic heterocycles. The highest BCUT2D eigenvalue weighted by atomic mass is 32.2. The number of carbonyl (C=O) groups is 3. The number of thioether (sulfide) groups is 1. The minimum atomic E-state index is -0.931. The van der Waals surface area contributed by atoms with Crippen molar-refractivity contribution >= 4 is 29.5 Å². The van der Waals surface area contributed by atoms with Gasteiger partial charge in [-0.15, -0.1) is 0 Å². The first kappa shape index (κ1) is 17.0. The molecule has 112 valence electrons. The fourth-order valence-corrected chi connectivity index (χ4v) is 2.22. The highest BCUT2D eigenvalue weighted by molar-refractivity contribution is 8.04. The fourth-order valence-electron chi connectivity index (χ4n) is 1.37. The second-order valence-corrected chi connectivity index (χ2v) is 4.94. The smallest absolute Gasteiger partial charge is 0.374 e. The average Bonchev–Trinajstić information content (AvgIpc) is 2.51. The molecular formula is C15H16O5S. The largest absolute Gasteiger partial charge is 0.463 e. The Kier molecular flexibility index (Phi) is 7.25. The zero-order valence-corrected chi connectivity index (χ0v) is 12.6. The van der Waals surface area contributed by atoms with Crippen molar-refractivity contribution in [2.75, 3.05) is 13.7 Å². The van der Waals surface area contributed by atoms with Crippen LogP contribution in [0.4, 0.5) is 0 Å². The molecule has 0 aliphatic rings. The van der Waals surface area contributed by atoms with E-state index < -0.39 is 17.7 Å². The monoisotopic (exact) mass is 308 g/mol. The summed E-state index contributed by atoms with van der Waals surface area (Å²) >= 11 is 1.18. The molecule has 0 bridgehead atoms. The number of hydrogen-bond donors (Lipinski definition) is 0. The van der Waals surface area contributed by atoms with E-state index in [0.717, 1.165) is 12.0 Å². The topological polar surface area (TPSA) is 69.7 Å². The number of allylic oxidation sites excluding steroid dienone is 1. The molecule has 0 heterocycles. The van der Waals surface area contributed by atoms with Crippen molar-refractivity contribution in [1.29, 1.82) is 0 Å². The maximum Gasteiger partial charge on any atom is 0.374 e. The summed E-state index contributed by atoms with van der Waals surface area (Å²) in [5.41, 5.74) is 0. The number of hydrogen-bond acceptors (Lipinski definition) is 6. The van der Waals surface area contributed by atoms with Gasteiger partial charge in [-0.2, -0.15) is 0 Å². The Balaban J connectivity index is 2.84. The summed E-state index contributed by atoms with van der Waals surface area (Å²) in [6, 6.07) is 9.20. The molecule has 1 aromatic carbocycles. The van der Waals surface area contributed by atoms with Gasteiger partial charge in [-0.1, -0.05) is 36.0 Å². The molecule has 0 amide bonds. The van der Waals surface area contributed by atoms with Crippen molar-refractivity contribution in [2.45, 2.75) is 18.2 Å². The molecule has 21 heavy (non-hydrogen) atoms. The van der Waals surface area contributed by atoms with Gasteiger partial charge in [-0.05, 0) is 19.1 Å². The van der Waals surface area contributed by atoms with Crippen LogP contribution in [0.15, 0.2) is 46.2 Å². The van der Waals surface area contributed by atoms with Crippen LogP contribution in [0.25, 0.3) is 0 Å². The SMILES string of the molecule is CCOC(=O)C(=CCC(=O)C(=O)OC)Sc1ccccc1. The van der Waals surface area contributed by atoms with E-state index in [9.17, 15) is 14.4 Å². The molecule has 0 saturated carbocycles. The maximum absolute atomic E-state index is 11.9. The number of Topliss-reactive ketones (excluding diaryl/α,β-unsaturated/α-hetero) is 1. The predicted molar refractivity (Wildman–Crippen MR) is 78.7 cm³/mol. The third kappa shape index (κ3) is 5.83. The molecule has 0 aliphatic heterocycles. The van der Waals surface area contributed by atoms with Crippen molar-refractivity contribution < 1.29 is 23.9 Å². The zero-order valence-electron chi connectivity index (χ0n) is 11.8. The molecule has 0 saturated heterocycles. The van der Waals surface area contributed by atoms with Gasteiger partial charge in [0.2, 0.25) is 5.78 Å². The van der Waals surface area contributed by atoms with Crippen LogP contribution in [-0.4, -0.2) is 31.4 Å². The molecule has 0 fully saturated rings. The molecule has 6 heteroatoms. The third-order valence-corrected chi connectivity index (χ3v) is 3.39. The van der Waals surface area contributed by atoms with Crippen LogP contribution in [-0.2, 0) is 23.9 Å². The van der Waals surface area contributed by atoms with Gasteiger partial charge in [0.1, 0.15) is 0 Å². The van der Waals surface area contributed by atoms with Gasteiger partial charge in [0, 0.05) is 11.3 Å². The highest BCUT2D eigenvalue weighted by Crippen LogP contribution is 2.27. The van der Waals surface area contributed by atoms with E-state index in [1.165, 1.54) is 17.8 Å². The number of ketones is 1. The van der Waals surface area contributed by atoms with Gasteiger partial charge in [-0.25, -0.2) is 9.59 Å². The summed E-state index contributed by atoms with van der Waals surface area (Å²) in [6.07, 6.45) is 1.18. The molecule has 0 atom stereocenters. The van der Waals surface area contributed by atoms with Crippen molar-refractivity contribution in [2.24, 2.45) is 0 Å². The van der Waals surface area contributed by atoms with Crippen LogP contribution in [0, 0.1) is 0 Å². The van der Waals surface area contributed by atoms with Gasteiger partial charge in [0.15, 0.2) is 0 Å². The molecule has 1 rings (SSSR count). The van der Waals surface area contributed by atoms with Crippen LogP contribution < -0.4 is 0 Å². The Bertz CT molecular complexity index is 536. The first-order valence-electron chi connectivity index (χ1n) is 6.29. The Morgan fingerprint density at radius 3 is 2.38 bits per heavy atom. The third-order valence-electron chi connectivity index (χ3n) is 2.33. The zero-order chi connectivity index (χ0) is 15.7. The number of esters is 2. The number of carbonyl (C=O) groups excluding carboxylic acids is 3. The Labute approximate surface area is 127 Å². The van der Waals surface area contributed by atoms with E-state index in [2.05, 4.69) is 4.74 Å². The minimum Gasteiger partial charge on any atom is -0.463 e. The Morgan fingerprint density at radius 2 is 1.81 bits per heavy atom. The van der Waals surface area contributed by atoms with Crippen LogP contribution in [0.1, 0.15) is 13.3 Å². The van der Waals surface area contributed by atoms with E-state index in [1.807, 2.05) is 30.3 Å². The van der Waals surface area contributed by atoms with E-state index >= 15 is 0 Å². The van der Waals surface area contributed by atoms with Crippen molar-refractivity contribution in [3.05, 3.63) is 41.3 Å². The lowest BCUT2D eigenvalue weighted by Gasteiger charge is -2.06. The lowest BCUT2D eigenvalue weighted by atomic mass is 10.2. The van der Waals surface area contributed by atoms with Crippen LogP contribution in [0.2, 0.25) is 0 Å². The predicted octanol–water partition coefficient (Wildman–Crippen LogP) is 2.36. The van der Waals surface area contributed by atoms with E-state index in [1.54, 1.807) is 6.92 Å². The number of ether oxygens (including phenoxy) is 2. The van der Waals surface area contributed by atoms with Gasteiger partial charge >= 0.3 is 11.9 Å². The summed E-state index contributed by atoms with van der Waals surface area (Å²) in [6.45, 7) is 1.93. The van der Waals surface area contributed by atoms with Crippen molar-refractivity contribution in [1.82, 2.24) is 0 Å². The lowest BCUT2D eigenvalue weighted by Crippen LogP contribution is -2.15. The summed E-state index contributed by atoms with van der Waals surface area (Å²) in [7, 11) is 1.13. The molecular weight excluding hydrogens is 292 g/mol. The van der Waals surface area contributed by atoms with E-state index in [-0.39, 0.29) is 17.9 Å². The number of benzene rings is 1. The Hall–Kier alpha value is -2.08. The Morgan fingerprint density at radius 1 is 1.14 bits per heavy atom. The first-order valence-corrected chi connectivity index (χ1v) is 7.11. The van der Waals surface area contributed by atoms with Gasteiger partial charge in [0.05, 0.1) is 18.6 Å². The second-order valence-electron chi connectivity index (χ2n) is 3.82. The van der Waals surface area contributed by atoms with Crippen LogP contribution in [0.5, 0.6) is 0 Å². The fraction of sp³-hybridized carbons (Fsp3) is 0.267. The van der Waals surface area contributed by atoms with Crippen LogP contribution >= 0.6 is 11.8 Å². The summed E-state index contributed by atoms with van der Waals surface area (Å²) in [4.78, 5) is 35.4.